The SMILES string of the molecule is CC(C)n1ncc2cc(NCc3occc3Br)cnc21. The zero-order chi connectivity index (χ0) is 14.1. The van der Waals surface area contributed by atoms with Gasteiger partial charge in [-0.1, -0.05) is 0 Å². The van der Waals surface area contributed by atoms with Crippen LogP contribution in [0.1, 0.15) is 25.6 Å². The van der Waals surface area contributed by atoms with Crippen LogP contribution in [0.3, 0.4) is 0 Å². The van der Waals surface area contributed by atoms with E-state index >= 15 is 0 Å². The van der Waals surface area contributed by atoms with Gasteiger partial charge in [0.2, 0.25) is 0 Å². The number of aromatic nitrogens is 3. The van der Waals surface area contributed by atoms with Gasteiger partial charge in [-0.2, -0.15) is 5.10 Å². The Bertz CT molecular complexity index is 732. The lowest BCUT2D eigenvalue weighted by molar-refractivity contribution is 0.516. The number of halogens is 1. The lowest BCUT2D eigenvalue weighted by Gasteiger charge is -2.07. The fourth-order valence-electron chi connectivity index (χ4n) is 2.05. The molecule has 0 atom stereocenters. The van der Waals surface area contributed by atoms with Crippen LogP contribution in [0.4, 0.5) is 5.69 Å². The maximum Gasteiger partial charge on any atom is 0.158 e. The van der Waals surface area contributed by atoms with Crippen LogP contribution < -0.4 is 5.32 Å². The highest BCUT2D eigenvalue weighted by Gasteiger charge is 2.08. The maximum absolute atomic E-state index is 5.36. The Morgan fingerprint density at radius 1 is 1.40 bits per heavy atom. The third-order valence-corrected chi connectivity index (χ3v) is 3.77. The number of anilines is 1. The molecule has 3 heterocycles. The molecule has 0 fully saturated rings. The van der Waals surface area contributed by atoms with Gasteiger partial charge < -0.3 is 9.73 Å². The van der Waals surface area contributed by atoms with Crippen LogP contribution >= 0.6 is 15.9 Å². The molecule has 0 saturated carbocycles. The van der Waals surface area contributed by atoms with Crippen LogP contribution in [0.15, 0.2) is 39.7 Å². The fourth-order valence-corrected chi connectivity index (χ4v) is 2.39. The Morgan fingerprint density at radius 2 is 2.25 bits per heavy atom. The summed E-state index contributed by atoms with van der Waals surface area (Å²) in [5.41, 5.74) is 1.86. The van der Waals surface area contributed by atoms with E-state index in [0.29, 0.717) is 12.6 Å². The number of nitrogens with zero attached hydrogens (tertiary/aromatic N) is 3. The molecule has 1 N–H and O–H groups in total. The summed E-state index contributed by atoms with van der Waals surface area (Å²) in [4.78, 5) is 4.48. The fraction of sp³-hybridized carbons (Fsp3) is 0.286. The Morgan fingerprint density at radius 3 is 2.95 bits per heavy atom. The molecule has 0 saturated heterocycles. The van der Waals surface area contributed by atoms with E-state index < -0.39 is 0 Å². The second-order valence-corrected chi connectivity index (χ2v) is 5.72. The summed E-state index contributed by atoms with van der Waals surface area (Å²) in [6, 6.07) is 4.23. The van der Waals surface area contributed by atoms with Gasteiger partial charge >= 0.3 is 0 Å². The van der Waals surface area contributed by atoms with E-state index in [0.717, 1.165) is 27.0 Å². The zero-order valence-electron chi connectivity index (χ0n) is 11.3. The van der Waals surface area contributed by atoms with Crippen LogP contribution in [0.5, 0.6) is 0 Å². The van der Waals surface area contributed by atoms with E-state index in [4.69, 9.17) is 4.42 Å². The lowest BCUT2D eigenvalue weighted by atomic mass is 10.3. The average Bonchev–Trinajstić information content (AvgIpc) is 3.02. The van der Waals surface area contributed by atoms with Crippen molar-refractivity contribution in [2.75, 3.05) is 5.32 Å². The minimum Gasteiger partial charge on any atom is -0.466 e. The van der Waals surface area contributed by atoms with Gasteiger partial charge in [-0.25, -0.2) is 9.67 Å². The number of hydrogen-bond acceptors (Lipinski definition) is 4. The topological polar surface area (TPSA) is 55.9 Å². The van der Waals surface area contributed by atoms with Crippen LogP contribution in [0.25, 0.3) is 11.0 Å². The van der Waals surface area contributed by atoms with Gasteiger partial charge in [-0.15, -0.1) is 0 Å². The normalized spacial score (nSPS) is 11.4. The third-order valence-electron chi connectivity index (χ3n) is 3.07. The molecular formula is C14H15BrN4O. The van der Waals surface area contributed by atoms with Gasteiger partial charge in [0.05, 0.1) is 35.4 Å². The summed E-state index contributed by atoms with van der Waals surface area (Å²) in [6.07, 6.45) is 5.32. The van der Waals surface area contributed by atoms with Crippen LogP contribution in [-0.4, -0.2) is 14.8 Å². The van der Waals surface area contributed by atoms with E-state index in [9.17, 15) is 0 Å². The van der Waals surface area contributed by atoms with E-state index in [2.05, 4.69) is 45.2 Å². The molecule has 0 aliphatic carbocycles. The van der Waals surface area contributed by atoms with E-state index in [1.54, 1.807) is 6.26 Å². The van der Waals surface area contributed by atoms with Crippen molar-refractivity contribution in [1.82, 2.24) is 14.8 Å². The smallest absolute Gasteiger partial charge is 0.158 e. The number of rotatable bonds is 4. The van der Waals surface area contributed by atoms with Crippen molar-refractivity contribution < 1.29 is 4.42 Å². The first-order chi connectivity index (χ1) is 9.65. The van der Waals surface area contributed by atoms with Crippen molar-refractivity contribution in [3.8, 4) is 0 Å². The minimum atomic E-state index is 0.304. The van der Waals surface area contributed by atoms with Crippen molar-refractivity contribution in [3.05, 3.63) is 41.0 Å². The molecule has 0 spiro atoms. The Labute approximate surface area is 125 Å². The molecule has 3 aromatic heterocycles. The van der Waals surface area contributed by atoms with E-state index in [1.165, 1.54) is 0 Å². The summed E-state index contributed by atoms with van der Waals surface area (Å²) in [6.45, 7) is 4.79. The average molecular weight is 335 g/mol. The molecule has 104 valence electrons. The number of hydrogen-bond donors (Lipinski definition) is 1. The lowest BCUT2D eigenvalue weighted by Crippen LogP contribution is -2.04. The predicted molar refractivity (Wildman–Crippen MR) is 81.6 cm³/mol. The number of fused-ring (bicyclic) bond motifs is 1. The zero-order valence-corrected chi connectivity index (χ0v) is 12.9. The van der Waals surface area contributed by atoms with Crippen molar-refractivity contribution in [2.45, 2.75) is 26.4 Å². The molecule has 0 aliphatic heterocycles. The van der Waals surface area contributed by atoms with E-state index in [1.807, 2.05) is 29.2 Å². The monoisotopic (exact) mass is 334 g/mol. The van der Waals surface area contributed by atoms with Crippen LogP contribution in [-0.2, 0) is 6.54 Å². The van der Waals surface area contributed by atoms with Gasteiger partial charge in [0, 0.05) is 11.4 Å². The molecule has 3 rings (SSSR count). The summed E-state index contributed by atoms with van der Waals surface area (Å²) in [5.74, 6) is 0.864. The first-order valence-electron chi connectivity index (χ1n) is 6.44. The van der Waals surface area contributed by atoms with Gasteiger partial charge in [-0.05, 0) is 41.9 Å². The molecule has 0 amide bonds. The van der Waals surface area contributed by atoms with Gasteiger partial charge in [0.1, 0.15) is 5.76 Å². The quantitative estimate of drug-likeness (QED) is 0.784. The Hall–Kier alpha value is -1.82. The predicted octanol–water partition coefficient (Wildman–Crippen LogP) is 3.98. The largest absolute Gasteiger partial charge is 0.466 e. The first-order valence-corrected chi connectivity index (χ1v) is 7.23. The summed E-state index contributed by atoms with van der Waals surface area (Å²) < 4.78 is 8.25. The summed E-state index contributed by atoms with van der Waals surface area (Å²) in [7, 11) is 0. The van der Waals surface area contributed by atoms with Gasteiger partial charge in [-0.3, -0.25) is 0 Å². The highest BCUT2D eigenvalue weighted by atomic mass is 79.9. The second-order valence-electron chi connectivity index (χ2n) is 4.86. The Kier molecular flexibility index (Phi) is 3.48. The molecule has 0 radical (unpaired) electrons. The Balaban J connectivity index is 1.81. The molecule has 5 nitrogen and oxygen atoms in total. The third kappa shape index (κ3) is 2.43. The van der Waals surface area contributed by atoms with Gasteiger partial charge in [0.15, 0.2) is 5.65 Å². The van der Waals surface area contributed by atoms with Crippen molar-refractivity contribution in [1.29, 1.82) is 0 Å². The van der Waals surface area contributed by atoms with Crippen molar-refractivity contribution in [3.63, 3.8) is 0 Å². The molecule has 0 aromatic carbocycles. The molecule has 20 heavy (non-hydrogen) atoms. The van der Waals surface area contributed by atoms with Crippen LogP contribution in [0, 0.1) is 0 Å². The molecule has 6 heteroatoms. The maximum atomic E-state index is 5.36. The molecule has 3 aromatic rings. The standard InChI is InChI=1S/C14H15BrN4O/c1-9(2)19-14-10(6-18-19)5-11(7-17-14)16-8-13-12(15)3-4-20-13/h3-7,9,16H,8H2,1-2H3. The van der Waals surface area contributed by atoms with Crippen molar-refractivity contribution in [2.24, 2.45) is 0 Å². The number of pyridine rings is 1. The highest BCUT2D eigenvalue weighted by Crippen LogP contribution is 2.21. The van der Waals surface area contributed by atoms with Crippen LogP contribution in [0.2, 0.25) is 0 Å². The molecule has 0 unspecified atom stereocenters. The van der Waals surface area contributed by atoms with Crippen molar-refractivity contribution >= 4 is 32.7 Å². The number of nitrogens with one attached hydrogen (secondary N) is 1. The molecule has 0 bridgehead atoms. The molecular weight excluding hydrogens is 320 g/mol. The first kappa shape index (κ1) is 13.2. The second kappa shape index (κ2) is 5.28. The highest BCUT2D eigenvalue weighted by molar-refractivity contribution is 9.10. The summed E-state index contributed by atoms with van der Waals surface area (Å²) >= 11 is 3.44. The summed E-state index contributed by atoms with van der Waals surface area (Å²) in [5, 5.41) is 8.69. The van der Waals surface area contributed by atoms with Gasteiger partial charge in [0.25, 0.3) is 0 Å². The number of furan rings is 1. The van der Waals surface area contributed by atoms with E-state index in [-0.39, 0.29) is 0 Å². The molecule has 0 aliphatic rings. The minimum absolute atomic E-state index is 0.304.